The molecule has 100 valence electrons. The summed E-state index contributed by atoms with van der Waals surface area (Å²) < 4.78 is 5.65. The maximum absolute atomic E-state index is 5.85. The van der Waals surface area contributed by atoms with Crippen molar-refractivity contribution in [1.82, 2.24) is 9.97 Å². The maximum Gasteiger partial charge on any atom is 0.222 e. The predicted molar refractivity (Wildman–Crippen MR) is 76.0 cm³/mol. The van der Waals surface area contributed by atoms with Gasteiger partial charge in [-0.2, -0.15) is 4.98 Å². The molecule has 0 radical (unpaired) electrons. The van der Waals surface area contributed by atoms with Crippen molar-refractivity contribution in [2.45, 2.75) is 20.0 Å². The zero-order valence-corrected chi connectivity index (χ0v) is 11.3. The summed E-state index contributed by atoms with van der Waals surface area (Å²) in [7, 11) is 0. The molecule has 5 nitrogen and oxygen atoms in total. The second-order valence-corrected chi connectivity index (χ2v) is 4.42. The van der Waals surface area contributed by atoms with Crippen LogP contribution in [0.4, 0.5) is 11.8 Å². The lowest BCUT2D eigenvalue weighted by Crippen LogP contribution is -2.11. The third-order valence-electron chi connectivity index (χ3n) is 2.67. The van der Waals surface area contributed by atoms with E-state index < -0.39 is 0 Å². The van der Waals surface area contributed by atoms with Gasteiger partial charge in [0.15, 0.2) is 0 Å². The first kappa shape index (κ1) is 13.4. The summed E-state index contributed by atoms with van der Waals surface area (Å²) in [5, 5.41) is 0.664. The van der Waals surface area contributed by atoms with Gasteiger partial charge in [0.2, 0.25) is 5.95 Å². The zero-order chi connectivity index (χ0) is 13.8. The molecule has 0 aliphatic heterocycles. The fraction of sp³-hybridized carbons (Fsp3) is 0.231. The topological polar surface area (TPSA) is 87.0 Å². The van der Waals surface area contributed by atoms with Crippen molar-refractivity contribution >= 4 is 23.4 Å². The van der Waals surface area contributed by atoms with E-state index in [9.17, 15) is 0 Å². The lowest BCUT2D eigenvalue weighted by molar-refractivity contribution is 0.304. The summed E-state index contributed by atoms with van der Waals surface area (Å²) in [6.07, 6.45) is 0.718. The van der Waals surface area contributed by atoms with E-state index in [-0.39, 0.29) is 5.95 Å². The summed E-state index contributed by atoms with van der Waals surface area (Å²) in [5.74, 6) is 1.26. The second kappa shape index (κ2) is 5.75. The molecule has 1 heterocycles. The highest BCUT2D eigenvalue weighted by molar-refractivity contribution is 6.30. The Morgan fingerprint density at radius 1 is 1.16 bits per heavy atom. The molecule has 4 N–H and O–H groups in total. The first-order valence-corrected chi connectivity index (χ1v) is 6.27. The maximum atomic E-state index is 5.85. The number of aromatic nitrogens is 2. The molecule has 0 aliphatic rings. The molecule has 0 aliphatic carbocycles. The monoisotopic (exact) mass is 278 g/mol. The fourth-order valence-corrected chi connectivity index (χ4v) is 1.83. The summed E-state index contributed by atoms with van der Waals surface area (Å²) in [4.78, 5) is 8.12. The molecule has 19 heavy (non-hydrogen) atoms. The van der Waals surface area contributed by atoms with Crippen LogP contribution in [-0.4, -0.2) is 9.97 Å². The highest BCUT2D eigenvalue weighted by Gasteiger charge is 2.10. The standard InChI is InChI=1S/C13H15ClN4O/c1-2-11-10(12(15)18-13(16)17-11)7-19-9-5-3-8(14)4-6-9/h3-6H,2,7H2,1H3,(H4,15,16,17,18). The van der Waals surface area contributed by atoms with E-state index in [1.165, 1.54) is 0 Å². The first-order valence-electron chi connectivity index (χ1n) is 5.89. The van der Waals surface area contributed by atoms with Crippen LogP contribution in [0.15, 0.2) is 24.3 Å². The third-order valence-corrected chi connectivity index (χ3v) is 2.93. The Hall–Kier alpha value is -2.01. The molecule has 0 amide bonds. The summed E-state index contributed by atoms with van der Waals surface area (Å²) in [6.45, 7) is 2.28. The minimum absolute atomic E-state index is 0.185. The zero-order valence-electron chi connectivity index (χ0n) is 10.6. The molecule has 0 saturated heterocycles. The minimum Gasteiger partial charge on any atom is -0.489 e. The van der Waals surface area contributed by atoms with Crippen LogP contribution in [0, 0.1) is 0 Å². The normalized spacial score (nSPS) is 10.4. The number of benzene rings is 1. The SMILES string of the molecule is CCc1nc(N)nc(N)c1COc1ccc(Cl)cc1. The van der Waals surface area contributed by atoms with Gasteiger partial charge in [-0.15, -0.1) is 0 Å². The van der Waals surface area contributed by atoms with Gasteiger partial charge in [0.25, 0.3) is 0 Å². The van der Waals surface area contributed by atoms with E-state index >= 15 is 0 Å². The van der Waals surface area contributed by atoms with Crippen LogP contribution < -0.4 is 16.2 Å². The van der Waals surface area contributed by atoms with Crippen molar-refractivity contribution in [3.05, 3.63) is 40.5 Å². The van der Waals surface area contributed by atoms with Crippen LogP contribution in [0.2, 0.25) is 5.02 Å². The third kappa shape index (κ3) is 3.26. The largest absolute Gasteiger partial charge is 0.489 e. The molecule has 1 aromatic carbocycles. The van der Waals surface area contributed by atoms with E-state index in [0.29, 0.717) is 23.2 Å². The average molecular weight is 279 g/mol. The Bertz CT molecular complexity index is 572. The Morgan fingerprint density at radius 2 is 1.84 bits per heavy atom. The Morgan fingerprint density at radius 3 is 2.47 bits per heavy atom. The molecule has 0 spiro atoms. The van der Waals surface area contributed by atoms with Crippen molar-refractivity contribution in [3.63, 3.8) is 0 Å². The van der Waals surface area contributed by atoms with Gasteiger partial charge in [-0.1, -0.05) is 18.5 Å². The number of nitrogens with zero attached hydrogens (tertiary/aromatic N) is 2. The van der Waals surface area contributed by atoms with Crippen LogP contribution in [0.3, 0.4) is 0 Å². The number of ether oxygens (including phenoxy) is 1. The number of hydrogen-bond donors (Lipinski definition) is 2. The van der Waals surface area contributed by atoms with E-state index in [4.69, 9.17) is 27.8 Å². The van der Waals surface area contributed by atoms with Gasteiger partial charge in [0.1, 0.15) is 18.2 Å². The van der Waals surface area contributed by atoms with Gasteiger partial charge < -0.3 is 16.2 Å². The van der Waals surface area contributed by atoms with Crippen LogP contribution in [0.5, 0.6) is 5.75 Å². The van der Waals surface area contributed by atoms with Crippen molar-refractivity contribution in [1.29, 1.82) is 0 Å². The molecule has 2 aromatic rings. The number of anilines is 2. The van der Waals surface area contributed by atoms with Crippen LogP contribution >= 0.6 is 11.6 Å². The molecular formula is C13H15ClN4O. The number of halogens is 1. The number of hydrogen-bond acceptors (Lipinski definition) is 5. The van der Waals surface area contributed by atoms with Crippen LogP contribution in [0.25, 0.3) is 0 Å². The van der Waals surface area contributed by atoms with Crippen molar-refractivity contribution in [2.24, 2.45) is 0 Å². The molecule has 2 rings (SSSR count). The van der Waals surface area contributed by atoms with Gasteiger partial charge in [0, 0.05) is 5.02 Å². The molecule has 0 unspecified atom stereocenters. The lowest BCUT2D eigenvalue weighted by atomic mass is 10.2. The van der Waals surface area contributed by atoms with Crippen LogP contribution in [0.1, 0.15) is 18.2 Å². The van der Waals surface area contributed by atoms with Crippen molar-refractivity contribution in [3.8, 4) is 5.75 Å². The van der Waals surface area contributed by atoms with E-state index in [1.807, 2.05) is 6.92 Å². The Balaban J connectivity index is 2.17. The molecular weight excluding hydrogens is 264 g/mol. The molecule has 0 bridgehead atoms. The average Bonchev–Trinajstić information content (AvgIpc) is 2.39. The number of nitrogens with two attached hydrogens (primary N) is 2. The van der Waals surface area contributed by atoms with Gasteiger partial charge in [-0.3, -0.25) is 0 Å². The van der Waals surface area contributed by atoms with E-state index in [2.05, 4.69) is 9.97 Å². The van der Waals surface area contributed by atoms with Crippen molar-refractivity contribution < 1.29 is 4.74 Å². The highest BCUT2D eigenvalue weighted by atomic mass is 35.5. The quantitative estimate of drug-likeness (QED) is 0.897. The fourth-order valence-electron chi connectivity index (χ4n) is 1.71. The first-order chi connectivity index (χ1) is 9.10. The Labute approximate surface area is 116 Å². The molecule has 6 heteroatoms. The Kier molecular flexibility index (Phi) is 4.06. The minimum atomic E-state index is 0.185. The van der Waals surface area contributed by atoms with Crippen LogP contribution in [-0.2, 0) is 13.0 Å². The smallest absolute Gasteiger partial charge is 0.222 e. The van der Waals surface area contributed by atoms with E-state index in [0.717, 1.165) is 17.7 Å². The van der Waals surface area contributed by atoms with Gasteiger partial charge in [-0.05, 0) is 30.7 Å². The van der Waals surface area contributed by atoms with Crippen molar-refractivity contribution in [2.75, 3.05) is 11.5 Å². The van der Waals surface area contributed by atoms with Gasteiger partial charge >= 0.3 is 0 Å². The molecule has 0 atom stereocenters. The highest BCUT2D eigenvalue weighted by Crippen LogP contribution is 2.20. The van der Waals surface area contributed by atoms with Gasteiger partial charge in [-0.25, -0.2) is 4.98 Å². The van der Waals surface area contributed by atoms with Gasteiger partial charge in [0.05, 0.1) is 11.3 Å². The lowest BCUT2D eigenvalue weighted by Gasteiger charge is -2.12. The van der Waals surface area contributed by atoms with E-state index in [1.54, 1.807) is 24.3 Å². The summed E-state index contributed by atoms with van der Waals surface area (Å²) >= 11 is 5.81. The number of aryl methyl sites for hydroxylation is 1. The molecule has 0 saturated carbocycles. The number of nitrogen functional groups attached to an aromatic ring is 2. The second-order valence-electron chi connectivity index (χ2n) is 3.99. The summed E-state index contributed by atoms with van der Waals surface area (Å²) in [6, 6.07) is 7.12. The molecule has 1 aromatic heterocycles. The predicted octanol–water partition coefficient (Wildman–Crippen LogP) is 2.44. The number of rotatable bonds is 4. The molecule has 0 fully saturated rings. The summed E-state index contributed by atoms with van der Waals surface area (Å²) in [5.41, 5.74) is 13.0.